The van der Waals surface area contributed by atoms with Crippen molar-refractivity contribution >= 4 is 17.9 Å². The number of carbonyl (C=O) groups is 3. The average Bonchev–Trinajstić information content (AvgIpc) is 2.85. The van der Waals surface area contributed by atoms with Gasteiger partial charge in [0.25, 0.3) is 0 Å². The lowest BCUT2D eigenvalue weighted by atomic mass is 9.96. The van der Waals surface area contributed by atoms with Crippen LogP contribution >= 0.6 is 0 Å². The number of hydrogen-bond acceptors (Lipinski definition) is 5. The molecule has 2 aliphatic heterocycles. The van der Waals surface area contributed by atoms with Crippen LogP contribution in [0.25, 0.3) is 0 Å². The van der Waals surface area contributed by atoms with Gasteiger partial charge in [-0.05, 0) is 46.0 Å². The molecule has 0 atom stereocenters. The van der Waals surface area contributed by atoms with E-state index in [9.17, 15) is 14.4 Å². The zero-order valence-electron chi connectivity index (χ0n) is 16.8. The van der Waals surface area contributed by atoms with Crippen molar-refractivity contribution in [3.05, 3.63) is 0 Å². The van der Waals surface area contributed by atoms with Crippen LogP contribution in [0.3, 0.4) is 0 Å². The number of nitrogens with one attached hydrogen (secondary N) is 1. The summed E-state index contributed by atoms with van der Waals surface area (Å²) in [5.41, 5.74) is -0.596. The SMILES string of the molecule is CC(C)(C)OC(=O)NCC(=O)N1CCCN(C(=O)CC2CCOCC2)CC1. The second-order valence-electron chi connectivity index (χ2n) is 8.23. The Balaban J connectivity index is 1.73. The van der Waals surface area contributed by atoms with E-state index in [1.807, 2.05) is 4.90 Å². The molecule has 8 heteroatoms. The number of nitrogens with zero attached hydrogens (tertiary/aromatic N) is 2. The Morgan fingerprint density at radius 1 is 1.00 bits per heavy atom. The highest BCUT2D eigenvalue weighted by Crippen LogP contribution is 2.20. The molecule has 154 valence electrons. The average molecular weight is 383 g/mol. The Labute approximate surface area is 161 Å². The molecule has 2 heterocycles. The van der Waals surface area contributed by atoms with E-state index in [1.165, 1.54) is 0 Å². The van der Waals surface area contributed by atoms with Gasteiger partial charge in [-0.3, -0.25) is 9.59 Å². The van der Waals surface area contributed by atoms with Gasteiger partial charge < -0.3 is 24.6 Å². The van der Waals surface area contributed by atoms with Crippen molar-refractivity contribution in [2.75, 3.05) is 45.9 Å². The summed E-state index contributed by atoms with van der Waals surface area (Å²) in [5, 5.41) is 2.50. The molecule has 2 rings (SSSR count). The van der Waals surface area contributed by atoms with Gasteiger partial charge in [-0.2, -0.15) is 0 Å². The summed E-state index contributed by atoms with van der Waals surface area (Å²) in [4.78, 5) is 40.2. The fraction of sp³-hybridized carbons (Fsp3) is 0.842. The zero-order chi connectivity index (χ0) is 19.9. The van der Waals surface area contributed by atoms with Crippen molar-refractivity contribution < 1.29 is 23.9 Å². The third-order valence-corrected chi connectivity index (χ3v) is 4.79. The Morgan fingerprint density at radius 3 is 2.19 bits per heavy atom. The molecule has 0 aromatic rings. The van der Waals surface area contributed by atoms with Gasteiger partial charge >= 0.3 is 6.09 Å². The lowest BCUT2D eigenvalue weighted by Crippen LogP contribution is -2.43. The zero-order valence-corrected chi connectivity index (χ0v) is 16.8. The minimum Gasteiger partial charge on any atom is -0.444 e. The van der Waals surface area contributed by atoms with Crippen molar-refractivity contribution in [3.8, 4) is 0 Å². The van der Waals surface area contributed by atoms with E-state index in [0.29, 0.717) is 38.5 Å². The third kappa shape index (κ3) is 7.74. The maximum absolute atomic E-state index is 12.6. The standard InChI is InChI=1S/C19H33N3O5/c1-19(2,3)27-18(25)20-14-17(24)22-8-4-7-21(9-10-22)16(23)13-15-5-11-26-12-6-15/h15H,4-14H2,1-3H3,(H,20,25). The van der Waals surface area contributed by atoms with Crippen molar-refractivity contribution in [2.45, 2.75) is 52.1 Å². The van der Waals surface area contributed by atoms with Crippen LogP contribution in [0.4, 0.5) is 4.79 Å². The first kappa shape index (κ1) is 21.5. The van der Waals surface area contributed by atoms with Gasteiger partial charge in [0.2, 0.25) is 11.8 Å². The summed E-state index contributed by atoms with van der Waals surface area (Å²) < 4.78 is 10.5. The van der Waals surface area contributed by atoms with Crippen molar-refractivity contribution in [1.29, 1.82) is 0 Å². The lowest BCUT2D eigenvalue weighted by molar-refractivity contribution is -0.134. The predicted molar refractivity (Wildman–Crippen MR) is 100 cm³/mol. The molecule has 8 nitrogen and oxygen atoms in total. The Kier molecular flexibility index (Phi) is 7.89. The van der Waals surface area contributed by atoms with Crippen LogP contribution in [0.15, 0.2) is 0 Å². The van der Waals surface area contributed by atoms with E-state index in [-0.39, 0.29) is 18.4 Å². The quantitative estimate of drug-likeness (QED) is 0.793. The molecule has 2 fully saturated rings. The Bertz CT molecular complexity index is 526. The normalized spacial score (nSPS) is 19.4. The minimum atomic E-state index is -0.598. The molecule has 0 unspecified atom stereocenters. The van der Waals surface area contributed by atoms with Gasteiger partial charge in [0.15, 0.2) is 0 Å². The van der Waals surface area contributed by atoms with Gasteiger partial charge in [-0.1, -0.05) is 0 Å². The molecule has 0 radical (unpaired) electrons. The molecule has 27 heavy (non-hydrogen) atoms. The van der Waals surface area contributed by atoms with E-state index in [2.05, 4.69) is 5.32 Å². The highest BCUT2D eigenvalue weighted by molar-refractivity contribution is 5.82. The highest BCUT2D eigenvalue weighted by atomic mass is 16.6. The molecule has 0 bridgehead atoms. The summed E-state index contributed by atoms with van der Waals surface area (Å²) in [6, 6.07) is 0. The van der Waals surface area contributed by atoms with Crippen molar-refractivity contribution in [1.82, 2.24) is 15.1 Å². The van der Waals surface area contributed by atoms with Gasteiger partial charge in [0.05, 0.1) is 0 Å². The largest absolute Gasteiger partial charge is 0.444 e. The molecule has 0 spiro atoms. The molecule has 0 aromatic heterocycles. The number of hydrogen-bond donors (Lipinski definition) is 1. The van der Waals surface area contributed by atoms with E-state index in [0.717, 1.165) is 32.5 Å². The van der Waals surface area contributed by atoms with Crippen LogP contribution in [0.5, 0.6) is 0 Å². The second-order valence-corrected chi connectivity index (χ2v) is 8.23. The summed E-state index contributed by atoms with van der Waals surface area (Å²) in [7, 11) is 0. The Hall–Kier alpha value is -1.83. The minimum absolute atomic E-state index is 0.0923. The molecule has 3 amide bonds. The molecule has 2 aliphatic rings. The lowest BCUT2D eigenvalue weighted by Gasteiger charge is -2.26. The summed E-state index contributed by atoms with van der Waals surface area (Å²) in [6.07, 6.45) is 2.61. The summed E-state index contributed by atoms with van der Waals surface area (Å²) >= 11 is 0. The maximum Gasteiger partial charge on any atom is 0.408 e. The van der Waals surface area contributed by atoms with E-state index in [4.69, 9.17) is 9.47 Å². The maximum atomic E-state index is 12.6. The number of amides is 3. The Morgan fingerprint density at radius 2 is 1.59 bits per heavy atom. The van der Waals surface area contributed by atoms with Crippen LogP contribution in [-0.4, -0.2) is 79.2 Å². The van der Waals surface area contributed by atoms with Gasteiger partial charge in [-0.15, -0.1) is 0 Å². The van der Waals surface area contributed by atoms with E-state index in [1.54, 1.807) is 25.7 Å². The summed E-state index contributed by atoms with van der Waals surface area (Å²) in [5.74, 6) is 0.424. The fourth-order valence-corrected chi connectivity index (χ4v) is 3.32. The van der Waals surface area contributed by atoms with Crippen LogP contribution in [-0.2, 0) is 19.1 Å². The molecule has 1 N–H and O–H groups in total. The smallest absolute Gasteiger partial charge is 0.408 e. The number of alkyl carbamates (subject to hydrolysis) is 1. The molecular formula is C19H33N3O5. The van der Waals surface area contributed by atoms with Crippen molar-refractivity contribution in [3.63, 3.8) is 0 Å². The number of ether oxygens (including phenoxy) is 2. The number of rotatable bonds is 4. The van der Waals surface area contributed by atoms with Gasteiger partial charge in [0.1, 0.15) is 12.1 Å². The van der Waals surface area contributed by atoms with Crippen LogP contribution in [0.1, 0.15) is 46.5 Å². The molecule has 0 aromatic carbocycles. The first-order valence-corrected chi connectivity index (χ1v) is 9.85. The molecular weight excluding hydrogens is 350 g/mol. The second kappa shape index (κ2) is 9.92. The van der Waals surface area contributed by atoms with Gasteiger partial charge in [-0.25, -0.2) is 4.79 Å². The summed E-state index contributed by atoms with van der Waals surface area (Å²) in [6.45, 7) is 9.01. The van der Waals surface area contributed by atoms with E-state index >= 15 is 0 Å². The van der Waals surface area contributed by atoms with Crippen molar-refractivity contribution in [2.24, 2.45) is 5.92 Å². The predicted octanol–water partition coefficient (Wildman–Crippen LogP) is 1.39. The van der Waals surface area contributed by atoms with Gasteiger partial charge in [0, 0.05) is 45.8 Å². The van der Waals surface area contributed by atoms with Crippen LogP contribution < -0.4 is 5.32 Å². The fourth-order valence-electron chi connectivity index (χ4n) is 3.32. The first-order chi connectivity index (χ1) is 12.7. The molecule has 0 aliphatic carbocycles. The number of carbonyl (C=O) groups excluding carboxylic acids is 3. The monoisotopic (exact) mass is 383 g/mol. The third-order valence-electron chi connectivity index (χ3n) is 4.79. The van der Waals surface area contributed by atoms with Crippen LogP contribution in [0.2, 0.25) is 0 Å². The van der Waals surface area contributed by atoms with Crippen LogP contribution in [0, 0.1) is 5.92 Å². The molecule has 2 saturated heterocycles. The topological polar surface area (TPSA) is 88.2 Å². The highest BCUT2D eigenvalue weighted by Gasteiger charge is 2.25. The first-order valence-electron chi connectivity index (χ1n) is 9.85. The van der Waals surface area contributed by atoms with E-state index < -0.39 is 11.7 Å². The molecule has 0 saturated carbocycles.